The highest BCUT2D eigenvalue weighted by atomic mass is 16.8. The topological polar surface area (TPSA) is 381 Å². The van der Waals surface area contributed by atoms with E-state index in [4.69, 9.17) is 52.8 Å². The predicted molar refractivity (Wildman–Crippen MR) is 353 cm³/mol. The third-order valence-corrected chi connectivity index (χ3v) is 14.9. The SMILES string of the molecule is C=Cc1cc(C(=O)O)c(-c2ccc(C(=O)NCC3CC3CC(C)OC(=O)OC(C)OC(=O)c3nc(C(=O)NCC4CC4)ccc3-c3cc(OC)c(C=C)cc3C(=O)Nc3ccc(C(=N)NC(=O)OCCCC(=O)OC(C)(C)C)cc3)nc2C(=O)OC(C)OC(=O)OC(C)C)cc1OC. The van der Waals surface area contributed by atoms with Crippen LogP contribution in [0.5, 0.6) is 11.5 Å². The second kappa shape index (κ2) is 33.5. The Bertz CT molecular complexity index is 3890. The summed E-state index contributed by atoms with van der Waals surface area (Å²) in [6, 6.07) is 16.9. The molecule has 5 atom stereocenters. The number of methoxy groups -OCH3 is 2. The summed E-state index contributed by atoms with van der Waals surface area (Å²) in [5.41, 5.74) is -1.05. The largest absolute Gasteiger partial charge is 0.511 e. The number of nitrogens with zero attached hydrogens (tertiary/aromatic N) is 2. The average molecular weight is 1350 g/mol. The van der Waals surface area contributed by atoms with Crippen molar-refractivity contribution < 1.29 is 100 Å². The molecule has 2 aliphatic rings. The molecule has 2 saturated carbocycles. The number of amides is 4. The van der Waals surface area contributed by atoms with Gasteiger partial charge in [0.25, 0.3) is 17.7 Å². The minimum Gasteiger partial charge on any atom is -0.496 e. The molecule has 520 valence electrons. The number of anilines is 1. The minimum atomic E-state index is -1.61. The predicted octanol–water partition coefficient (Wildman–Crippen LogP) is 10.9. The summed E-state index contributed by atoms with van der Waals surface area (Å²) in [4.78, 5) is 141. The molecule has 5 aromatic rings. The number of pyridine rings is 2. The van der Waals surface area contributed by atoms with E-state index in [9.17, 15) is 53.1 Å². The first-order chi connectivity index (χ1) is 46.5. The van der Waals surface area contributed by atoms with E-state index in [0.717, 1.165) is 12.8 Å². The van der Waals surface area contributed by atoms with Crippen molar-refractivity contribution in [2.75, 3.05) is 39.2 Å². The van der Waals surface area contributed by atoms with Gasteiger partial charge in [-0.05, 0) is 164 Å². The van der Waals surface area contributed by atoms with Crippen LogP contribution in [-0.2, 0) is 42.7 Å². The lowest BCUT2D eigenvalue weighted by Gasteiger charge is -2.19. The lowest BCUT2D eigenvalue weighted by molar-refractivity contribution is -0.155. The van der Waals surface area contributed by atoms with E-state index in [1.54, 1.807) is 41.5 Å². The number of amidine groups is 1. The van der Waals surface area contributed by atoms with Crippen LogP contribution < -0.4 is 30.7 Å². The first kappa shape index (κ1) is 74.2. The van der Waals surface area contributed by atoms with Gasteiger partial charge in [0.1, 0.15) is 40.4 Å². The Morgan fingerprint density at radius 1 is 0.643 bits per heavy atom. The van der Waals surface area contributed by atoms with E-state index in [1.807, 2.05) is 0 Å². The molecule has 3 aromatic carbocycles. The average Bonchev–Trinajstić information content (AvgIpc) is 1.20. The molecule has 0 aliphatic heterocycles. The van der Waals surface area contributed by atoms with Crippen molar-refractivity contribution >= 4 is 83.7 Å². The lowest BCUT2D eigenvalue weighted by atomic mass is 9.94. The molecular formula is C70H79N7O21. The van der Waals surface area contributed by atoms with Crippen LogP contribution in [0.25, 0.3) is 34.4 Å². The molecule has 4 amide bonds. The third kappa shape index (κ3) is 21.2. The normalized spacial score (nSPS) is 14.6. The summed E-state index contributed by atoms with van der Waals surface area (Å²) in [7, 11) is 2.74. The number of alkyl carbamates (subject to hydrolysis) is 1. The van der Waals surface area contributed by atoms with Crippen molar-refractivity contribution in [3.8, 4) is 33.8 Å². The summed E-state index contributed by atoms with van der Waals surface area (Å²) in [6.45, 7) is 20.5. The van der Waals surface area contributed by atoms with Crippen LogP contribution in [0.1, 0.15) is 173 Å². The fourth-order valence-electron chi connectivity index (χ4n) is 9.93. The summed E-state index contributed by atoms with van der Waals surface area (Å²) < 4.78 is 53.4. The van der Waals surface area contributed by atoms with Crippen molar-refractivity contribution in [1.29, 1.82) is 5.41 Å². The Kier molecular flexibility index (Phi) is 25.3. The number of aromatic carboxylic acids is 1. The van der Waals surface area contributed by atoms with Crippen molar-refractivity contribution in [3.63, 3.8) is 0 Å². The number of carbonyl (C=O) groups is 10. The second-order valence-corrected chi connectivity index (χ2v) is 24.2. The summed E-state index contributed by atoms with van der Waals surface area (Å²) >= 11 is 0. The smallest absolute Gasteiger partial charge is 0.496 e. The Balaban J connectivity index is 0.991. The van der Waals surface area contributed by atoms with E-state index in [2.05, 4.69) is 44.4 Å². The molecular weight excluding hydrogens is 1270 g/mol. The van der Waals surface area contributed by atoms with Gasteiger partial charge in [-0.2, -0.15) is 0 Å². The van der Waals surface area contributed by atoms with Gasteiger partial charge >= 0.3 is 42.3 Å². The fraction of sp³-hybridized carbons (Fsp3) is 0.386. The summed E-state index contributed by atoms with van der Waals surface area (Å²) in [6.07, 6.45) is -1.79. The maximum atomic E-state index is 14.4. The number of ether oxygens (including phenoxy) is 10. The Morgan fingerprint density at radius 3 is 1.66 bits per heavy atom. The molecule has 2 aromatic heterocycles. The molecule has 0 radical (unpaired) electrons. The van der Waals surface area contributed by atoms with Gasteiger partial charge in [0.05, 0.1) is 32.5 Å². The summed E-state index contributed by atoms with van der Waals surface area (Å²) in [5.74, 6) is -5.86. The molecule has 2 heterocycles. The van der Waals surface area contributed by atoms with Gasteiger partial charge in [-0.15, -0.1) is 0 Å². The standard InChI is InChI=1S/C70H79N7O21/c1-13-41-30-51(61(79)74-46-21-19-43(20-22-46)60(71)77-67(86)91-27-15-16-57(78)98-70(8,9)10)49(32-55(41)89-11)47-23-25-53(62(80)72-34-40-17-18-40)75-58(47)65(84)95-39(7)97-69(88)93-37(5)28-44-29-45(44)35-73-63(81)54-26-24-48(50-33-56(90-12)42(14-2)31-52(50)64(82)83)59(76-54)66(85)94-38(6)96-68(87)92-36(3)4/h13-14,19-26,30-33,36-40,44-45H,1-2,15-18,27-29,34-35H2,3-12H3,(H,72,80)(H,73,81)(H,74,79)(H,82,83)(H2,71,77,86). The zero-order chi connectivity index (χ0) is 71.7. The Labute approximate surface area is 564 Å². The van der Waals surface area contributed by atoms with E-state index in [1.165, 1.54) is 113 Å². The quantitative estimate of drug-likeness (QED) is 0.00621. The number of aromatic nitrogens is 2. The highest BCUT2D eigenvalue weighted by Crippen LogP contribution is 2.42. The van der Waals surface area contributed by atoms with Crippen LogP contribution in [0.15, 0.2) is 86.0 Å². The van der Waals surface area contributed by atoms with Crippen LogP contribution in [0, 0.1) is 23.2 Å². The van der Waals surface area contributed by atoms with Crippen molar-refractivity contribution in [3.05, 3.63) is 137 Å². The highest BCUT2D eigenvalue weighted by Gasteiger charge is 2.39. The number of benzene rings is 3. The number of hydrogen-bond acceptors (Lipinski definition) is 23. The number of rotatable bonds is 30. The van der Waals surface area contributed by atoms with Crippen LogP contribution in [0.3, 0.4) is 0 Å². The number of carbonyl (C=O) groups excluding carboxylic acids is 9. The molecule has 6 N–H and O–H groups in total. The molecule has 28 heteroatoms. The number of esters is 3. The minimum absolute atomic E-state index is 0.00392. The number of carboxylic acids is 1. The van der Waals surface area contributed by atoms with Crippen molar-refractivity contribution in [1.82, 2.24) is 25.9 Å². The number of nitrogens with one attached hydrogen (secondary N) is 5. The van der Waals surface area contributed by atoms with Gasteiger partial charge in [-0.1, -0.05) is 25.3 Å². The molecule has 28 nitrogen and oxygen atoms in total. The maximum absolute atomic E-state index is 14.4. The molecule has 7 rings (SSSR count). The van der Waals surface area contributed by atoms with E-state index < -0.39 is 102 Å². The van der Waals surface area contributed by atoms with Gasteiger partial charge in [0.15, 0.2) is 11.4 Å². The molecule has 0 saturated heterocycles. The van der Waals surface area contributed by atoms with Crippen molar-refractivity contribution in [2.45, 2.75) is 124 Å². The van der Waals surface area contributed by atoms with Crippen LogP contribution in [0.4, 0.5) is 20.1 Å². The van der Waals surface area contributed by atoms with Crippen LogP contribution in [-0.4, -0.2) is 145 Å². The monoisotopic (exact) mass is 1350 g/mol. The molecule has 2 aliphatic carbocycles. The zero-order valence-corrected chi connectivity index (χ0v) is 55.9. The number of carboxylic acid groups (broad SMARTS) is 1. The van der Waals surface area contributed by atoms with Gasteiger partial charge in [0.2, 0.25) is 12.6 Å². The molecule has 2 fully saturated rings. The molecule has 0 bridgehead atoms. The Hall–Kier alpha value is -11.2. The van der Waals surface area contributed by atoms with Gasteiger partial charge in [-0.25, -0.2) is 38.7 Å². The first-order valence-electron chi connectivity index (χ1n) is 31.3. The maximum Gasteiger partial charge on any atom is 0.511 e. The van der Waals surface area contributed by atoms with E-state index >= 15 is 0 Å². The van der Waals surface area contributed by atoms with Gasteiger partial charge < -0.3 is 68.4 Å². The van der Waals surface area contributed by atoms with Crippen molar-refractivity contribution in [2.24, 2.45) is 17.8 Å². The lowest BCUT2D eigenvalue weighted by Crippen LogP contribution is -2.31. The van der Waals surface area contributed by atoms with E-state index in [0.29, 0.717) is 36.4 Å². The first-order valence-corrected chi connectivity index (χ1v) is 31.3. The number of hydrogen-bond donors (Lipinski definition) is 6. The fourth-order valence-corrected chi connectivity index (χ4v) is 9.93. The van der Waals surface area contributed by atoms with Crippen LogP contribution >= 0.6 is 0 Å². The van der Waals surface area contributed by atoms with Crippen LogP contribution in [0.2, 0.25) is 0 Å². The van der Waals surface area contributed by atoms with Gasteiger partial charge in [-0.3, -0.25) is 29.9 Å². The zero-order valence-electron chi connectivity index (χ0n) is 55.9. The summed E-state index contributed by atoms with van der Waals surface area (Å²) in [5, 5.41) is 29.4. The highest BCUT2D eigenvalue weighted by molar-refractivity contribution is 6.12. The third-order valence-electron chi connectivity index (χ3n) is 14.9. The second-order valence-electron chi connectivity index (χ2n) is 24.2. The van der Waals surface area contributed by atoms with Gasteiger partial charge in [0, 0.05) is 83.6 Å². The molecule has 0 spiro atoms. The Morgan fingerprint density at radius 2 is 1.16 bits per heavy atom. The molecule has 98 heavy (non-hydrogen) atoms. The van der Waals surface area contributed by atoms with E-state index in [-0.39, 0.29) is 111 Å². The molecule has 5 unspecified atom stereocenters.